The zero-order chi connectivity index (χ0) is 16.1. The number of unbranched alkanes of at least 4 members (excludes halogenated alkanes) is 1. The number of sulfone groups is 1. The van der Waals surface area contributed by atoms with E-state index in [0.717, 1.165) is 0 Å². The molecule has 0 aliphatic heterocycles. The average Bonchev–Trinajstić information content (AvgIpc) is 2.38. The van der Waals surface area contributed by atoms with Crippen molar-refractivity contribution < 1.29 is 32.8 Å². The van der Waals surface area contributed by atoms with Gasteiger partial charge in [-0.3, -0.25) is 4.89 Å². The van der Waals surface area contributed by atoms with E-state index in [9.17, 15) is 18.3 Å². The number of aliphatic hydroxyl groups is 1. The summed E-state index contributed by atoms with van der Waals surface area (Å²) < 4.78 is 27.0. The van der Waals surface area contributed by atoms with Gasteiger partial charge in [0.15, 0.2) is 0 Å². The van der Waals surface area contributed by atoms with Crippen molar-refractivity contribution in [1.82, 2.24) is 5.32 Å². The quantitative estimate of drug-likeness (QED) is 0.259. The standard InChI is InChI=1S/C12H25NO7S/c1-18-20-12(15)5-6-13-9-11(14)10-19-7-3-4-8-21(2,16)17/h11,13-14H,3-10H2,1-2H3. The van der Waals surface area contributed by atoms with Crippen molar-refractivity contribution in [1.29, 1.82) is 0 Å². The van der Waals surface area contributed by atoms with Crippen molar-refractivity contribution in [3.63, 3.8) is 0 Å². The molecule has 0 heterocycles. The lowest BCUT2D eigenvalue weighted by Gasteiger charge is -2.12. The van der Waals surface area contributed by atoms with Gasteiger partial charge in [0.1, 0.15) is 9.84 Å². The van der Waals surface area contributed by atoms with E-state index < -0.39 is 21.9 Å². The zero-order valence-electron chi connectivity index (χ0n) is 12.5. The zero-order valence-corrected chi connectivity index (χ0v) is 13.4. The Morgan fingerprint density at radius 3 is 2.67 bits per heavy atom. The fourth-order valence-electron chi connectivity index (χ4n) is 1.44. The molecule has 8 nitrogen and oxygen atoms in total. The van der Waals surface area contributed by atoms with Crippen LogP contribution in [-0.2, 0) is 29.1 Å². The second-order valence-electron chi connectivity index (χ2n) is 4.64. The minimum atomic E-state index is -2.92. The molecule has 0 bridgehead atoms. The van der Waals surface area contributed by atoms with Gasteiger partial charge >= 0.3 is 5.97 Å². The Morgan fingerprint density at radius 2 is 2.05 bits per heavy atom. The molecule has 1 unspecified atom stereocenters. The second-order valence-corrected chi connectivity index (χ2v) is 6.90. The summed E-state index contributed by atoms with van der Waals surface area (Å²) in [5.41, 5.74) is 0. The molecule has 2 N–H and O–H groups in total. The van der Waals surface area contributed by atoms with Crippen molar-refractivity contribution in [2.24, 2.45) is 0 Å². The number of carbonyl (C=O) groups excluding carboxylic acids is 1. The molecule has 9 heteroatoms. The topological polar surface area (TPSA) is 111 Å². The van der Waals surface area contributed by atoms with Gasteiger partial charge in [-0.1, -0.05) is 0 Å². The second kappa shape index (κ2) is 11.9. The predicted octanol–water partition coefficient (Wildman–Crippen LogP) is -0.727. The summed E-state index contributed by atoms with van der Waals surface area (Å²) in [4.78, 5) is 19.4. The van der Waals surface area contributed by atoms with Gasteiger partial charge in [-0.05, 0) is 12.8 Å². The highest BCUT2D eigenvalue weighted by atomic mass is 32.2. The van der Waals surface area contributed by atoms with Crippen molar-refractivity contribution >= 4 is 15.8 Å². The van der Waals surface area contributed by atoms with Gasteiger partial charge in [0.05, 0.1) is 26.2 Å². The van der Waals surface area contributed by atoms with Gasteiger partial charge < -0.3 is 15.2 Å². The molecular weight excluding hydrogens is 302 g/mol. The van der Waals surface area contributed by atoms with Crippen molar-refractivity contribution in [3.05, 3.63) is 0 Å². The molecule has 0 spiro atoms. The molecule has 0 aromatic heterocycles. The largest absolute Gasteiger partial charge is 0.389 e. The van der Waals surface area contributed by atoms with Crippen LogP contribution in [-0.4, -0.2) is 71.0 Å². The van der Waals surface area contributed by atoms with Gasteiger partial charge in [-0.15, -0.1) is 0 Å². The first kappa shape index (κ1) is 20.3. The number of carbonyl (C=O) groups is 1. The van der Waals surface area contributed by atoms with Crippen LogP contribution in [0.4, 0.5) is 0 Å². The molecule has 126 valence electrons. The van der Waals surface area contributed by atoms with Crippen LogP contribution >= 0.6 is 0 Å². The minimum Gasteiger partial charge on any atom is -0.389 e. The number of nitrogens with one attached hydrogen (secondary N) is 1. The molecule has 1 atom stereocenters. The number of hydrogen-bond donors (Lipinski definition) is 2. The Bertz CT molecular complexity index is 372. The summed E-state index contributed by atoms with van der Waals surface area (Å²) in [6.07, 6.45) is 1.85. The van der Waals surface area contributed by atoms with Crippen LogP contribution in [0.15, 0.2) is 0 Å². The summed E-state index contributed by atoms with van der Waals surface area (Å²) >= 11 is 0. The maximum Gasteiger partial charge on any atom is 0.343 e. The first-order chi connectivity index (χ1) is 9.85. The summed E-state index contributed by atoms with van der Waals surface area (Å²) in [5, 5.41) is 12.5. The maximum atomic E-state index is 10.9. The van der Waals surface area contributed by atoms with Gasteiger partial charge in [0.2, 0.25) is 0 Å². The number of rotatable bonds is 13. The first-order valence-electron chi connectivity index (χ1n) is 6.73. The summed E-state index contributed by atoms with van der Waals surface area (Å²) in [6.45, 7) is 1.23. The van der Waals surface area contributed by atoms with Crippen LogP contribution in [0.2, 0.25) is 0 Å². The fourth-order valence-corrected chi connectivity index (χ4v) is 2.17. The maximum absolute atomic E-state index is 10.9. The molecule has 0 amide bonds. The average molecular weight is 327 g/mol. The van der Waals surface area contributed by atoms with E-state index in [-0.39, 0.29) is 18.8 Å². The van der Waals surface area contributed by atoms with E-state index in [1.165, 1.54) is 13.4 Å². The number of hydrogen-bond acceptors (Lipinski definition) is 8. The van der Waals surface area contributed by atoms with Crippen LogP contribution in [0, 0.1) is 0 Å². The lowest BCUT2D eigenvalue weighted by molar-refractivity contribution is -0.254. The van der Waals surface area contributed by atoms with Crippen LogP contribution in [0.1, 0.15) is 19.3 Å². The summed E-state index contributed by atoms with van der Waals surface area (Å²) in [5.74, 6) is -0.334. The number of ether oxygens (including phenoxy) is 1. The molecule has 0 aromatic rings. The van der Waals surface area contributed by atoms with Gasteiger partial charge in [-0.25, -0.2) is 13.2 Å². The monoisotopic (exact) mass is 327 g/mol. The SMILES string of the molecule is COOC(=O)CCNCC(O)COCCCCS(C)(=O)=O. The Hall–Kier alpha value is -0.740. The summed E-state index contributed by atoms with van der Waals surface area (Å²) in [7, 11) is -1.66. The van der Waals surface area contributed by atoms with Crippen molar-refractivity contribution in [2.45, 2.75) is 25.4 Å². The normalized spacial score (nSPS) is 13.1. The molecule has 0 fully saturated rings. The molecule has 0 rings (SSSR count). The Labute approximate surface area is 125 Å². The molecule has 0 aromatic carbocycles. The smallest absolute Gasteiger partial charge is 0.343 e. The van der Waals surface area contributed by atoms with Crippen LogP contribution in [0.3, 0.4) is 0 Å². The molecule has 0 saturated heterocycles. The van der Waals surface area contributed by atoms with E-state index in [1.807, 2.05) is 0 Å². The highest BCUT2D eigenvalue weighted by Gasteiger charge is 2.06. The van der Waals surface area contributed by atoms with Crippen LogP contribution in [0.25, 0.3) is 0 Å². The highest BCUT2D eigenvalue weighted by Crippen LogP contribution is 1.96. The molecular formula is C12H25NO7S. The molecule has 21 heavy (non-hydrogen) atoms. The lowest BCUT2D eigenvalue weighted by atomic mass is 10.3. The third kappa shape index (κ3) is 15.5. The van der Waals surface area contributed by atoms with Gasteiger partial charge in [0.25, 0.3) is 0 Å². The Kier molecular flexibility index (Phi) is 11.5. The Morgan fingerprint density at radius 1 is 1.33 bits per heavy atom. The van der Waals surface area contributed by atoms with Crippen molar-refractivity contribution in [3.8, 4) is 0 Å². The first-order valence-corrected chi connectivity index (χ1v) is 8.79. The van der Waals surface area contributed by atoms with Crippen LogP contribution in [0.5, 0.6) is 0 Å². The third-order valence-corrected chi connectivity index (χ3v) is 3.46. The predicted molar refractivity (Wildman–Crippen MR) is 76.4 cm³/mol. The van der Waals surface area contributed by atoms with Gasteiger partial charge in [-0.2, -0.15) is 4.89 Å². The van der Waals surface area contributed by atoms with Crippen molar-refractivity contribution in [2.75, 3.05) is 45.4 Å². The van der Waals surface area contributed by atoms with E-state index in [4.69, 9.17) is 4.74 Å². The van der Waals surface area contributed by atoms with E-state index in [1.54, 1.807) is 0 Å². The number of aliphatic hydroxyl groups excluding tert-OH is 1. The van der Waals surface area contributed by atoms with E-state index in [2.05, 4.69) is 15.1 Å². The van der Waals surface area contributed by atoms with E-state index in [0.29, 0.717) is 32.5 Å². The molecule has 0 aliphatic carbocycles. The molecule has 0 radical (unpaired) electrons. The third-order valence-electron chi connectivity index (χ3n) is 2.43. The molecule has 0 saturated carbocycles. The van der Waals surface area contributed by atoms with E-state index >= 15 is 0 Å². The minimum absolute atomic E-state index is 0.146. The lowest BCUT2D eigenvalue weighted by Crippen LogP contribution is -2.32. The van der Waals surface area contributed by atoms with Crippen LogP contribution < -0.4 is 5.32 Å². The summed E-state index contributed by atoms with van der Waals surface area (Å²) in [6, 6.07) is 0. The Balaban J connectivity index is 3.38. The van der Waals surface area contributed by atoms with Gasteiger partial charge in [0, 0.05) is 31.7 Å². The highest BCUT2D eigenvalue weighted by molar-refractivity contribution is 7.90. The molecule has 0 aliphatic rings. The fraction of sp³-hybridized carbons (Fsp3) is 0.917.